The Hall–Kier alpha value is -3.09. The van der Waals surface area contributed by atoms with Crippen LogP contribution in [-0.4, -0.2) is 48.2 Å². The number of ether oxygens (including phenoxy) is 1. The Balaban J connectivity index is 2.01. The molecule has 1 saturated heterocycles. The number of nitrogens with two attached hydrogens (primary N) is 1. The summed E-state index contributed by atoms with van der Waals surface area (Å²) in [5, 5.41) is 10.5. The van der Waals surface area contributed by atoms with Crippen molar-refractivity contribution in [3.8, 4) is 5.75 Å². The highest BCUT2D eigenvalue weighted by atomic mass is 19.4. The van der Waals surface area contributed by atoms with Crippen molar-refractivity contribution in [3.05, 3.63) is 28.1 Å². The Morgan fingerprint density at radius 2 is 2.03 bits per heavy atom. The number of carboxylic acid groups (broad SMARTS) is 1. The zero-order valence-corrected chi connectivity index (χ0v) is 16.9. The van der Waals surface area contributed by atoms with Gasteiger partial charge in [0.05, 0.1) is 29.3 Å². The van der Waals surface area contributed by atoms with Crippen molar-refractivity contribution in [3.63, 3.8) is 0 Å². The van der Waals surface area contributed by atoms with Gasteiger partial charge in [-0.2, -0.15) is 13.2 Å². The first-order chi connectivity index (χ1) is 14.9. The van der Waals surface area contributed by atoms with E-state index in [1.54, 1.807) is 6.92 Å². The fourth-order valence-electron chi connectivity index (χ4n) is 3.88. The van der Waals surface area contributed by atoms with Gasteiger partial charge in [-0.25, -0.2) is 13.6 Å². The maximum Gasteiger partial charge on any atom is 0.511 e. The molecule has 3 rings (SSSR count). The summed E-state index contributed by atoms with van der Waals surface area (Å²) in [5.41, 5.74) is 3.27. The summed E-state index contributed by atoms with van der Waals surface area (Å²) in [6.07, 6.45) is -4.75. The molecule has 1 unspecified atom stereocenters. The number of pyridine rings is 1. The Morgan fingerprint density at radius 1 is 1.34 bits per heavy atom. The van der Waals surface area contributed by atoms with Crippen molar-refractivity contribution in [2.24, 2.45) is 5.92 Å². The molecule has 2 heterocycles. The van der Waals surface area contributed by atoms with Crippen LogP contribution in [0.15, 0.2) is 11.0 Å². The van der Waals surface area contributed by atoms with Crippen molar-refractivity contribution in [1.82, 2.24) is 9.88 Å². The molecule has 0 bridgehead atoms. The number of hydrogen-bond donors (Lipinski definition) is 3. The van der Waals surface area contributed by atoms with E-state index >= 15 is 8.78 Å². The average Bonchev–Trinajstić information content (AvgIpc) is 3.14. The van der Waals surface area contributed by atoms with Crippen LogP contribution in [0.5, 0.6) is 5.75 Å². The highest BCUT2D eigenvalue weighted by molar-refractivity contribution is 5.96. The van der Waals surface area contributed by atoms with Crippen molar-refractivity contribution < 1.29 is 36.6 Å². The molecule has 0 spiro atoms. The van der Waals surface area contributed by atoms with Gasteiger partial charge < -0.3 is 30.4 Å². The van der Waals surface area contributed by atoms with Gasteiger partial charge in [0.25, 0.3) is 0 Å². The van der Waals surface area contributed by atoms with E-state index in [1.807, 2.05) is 0 Å². The van der Waals surface area contributed by atoms with E-state index in [1.165, 1.54) is 9.47 Å². The summed E-state index contributed by atoms with van der Waals surface area (Å²) in [6.45, 7) is 0.772. The summed E-state index contributed by atoms with van der Waals surface area (Å²) >= 11 is 0. The molecule has 2 aromatic rings. The largest absolute Gasteiger partial charge is 0.511 e. The van der Waals surface area contributed by atoms with Crippen LogP contribution in [0.4, 0.5) is 38.1 Å². The molecular formula is C19H21F5N4O4. The summed E-state index contributed by atoms with van der Waals surface area (Å²) in [4.78, 5) is 24.8. The second kappa shape index (κ2) is 8.81. The molecule has 1 aromatic carbocycles. The zero-order valence-electron chi connectivity index (χ0n) is 16.9. The number of anilines is 2. The number of halogens is 5. The molecule has 1 atom stereocenters. The molecule has 0 amide bonds. The summed E-state index contributed by atoms with van der Waals surface area (Å²) in [5.74, 6) is -3.21. The maximum atomic E-state index is 15.5. The minimum Gasteiger partial charge on any atom is -0.449 e. The second-order valence-corrected chi connectivity index (χ2v) is 7.44. The molecule has 8 nitrogen and oxygen atoms in total. The molecule has 0 aliphatic carbocycles. The van der Waals surface area contributed by atoms with Crippen LogP contribution in [0.25, 0.3) is 10.9 Å². The van der Waals surface area contributed by atoms with Crippen LogP contribution in [0.3, 0.4) is 0 Å². The van der Waals surface area contributed by atoms with Gasteiger partial charge in [0.2, 0.25) is 5.43 Å². The number of alkyl halides is 3. The number of carbonyl (C=O) groups is 1. The van der Waals surface area contributed by atoms with E-state index in [0.29, 0.717) is 6.42 Å². The first kappa shape index (κ1) is 23.6. The Kier molecular flexibility index (Phi) is 6.49. The Morgan fingerprint density at radius 3 is 2.62 bits per heavy atom. The Labute approximate surface area is 178 Å². The standard InChI is InChI=1S/C19H21F5N4O4/c1-2-27-7-10(32-18(30)31)17(29)11-14(25)12(20)16(13(21)15(11)27)28-4-3-9(6-28)5-26-8-19(22,23)24/h7,9,26H,2-6,8,25H2,1H3,(H,30,31). The lowest BCUT2D eigenvalue weighted by Gasteiger charge is -2.23. The summed E-state index contributed by atoms with van der Waals surface area (Å²) in [6, 6.07) is 0. The lowest BCUT2D eigenvalue weighted by Crippen LogP contribution is -2.33. The van der Waals surface area contributed by atoms with Gasteiger partial charge in [-0.3, -0.25) is 4.79 Å². The van der Waals surface area contributed by atoms with Gasteiger partial charge in [-0.15, -0.1) is 0 Å². The second-order valence-electron chi connectivity index (χ2n) is 7.44. The fraction of sp³-hybridized carbons (Fsp3) is 0.474. The summed E-state index contributed by atoms with van der Waals surface area (Å²) in [7, 11) is 0. The number of rotatable bonds is 6. The average molecular weight is 464 g/mol. The van der Waals surface area contributed by atoms with Crippen molar-refractivity contribution in [2.75, 3.05) is 36.8 Å². The third-order valence-electron chi connectivity index (χ3n) is 5.28. The molecule has 1 aromatic heterocycles. The van der Waals surface area contributed by atoms with E-state index in [0.717, 1.165) is 6.20 Å². The van der Waals surface area contributed by atoms with Crippen LogP contribution in [0.2, 0.25) is 0 Å². The number of nitrogens with zero attached hydrogens (tertiary/aromatic N) is 2. The molecule has 32 heavy (non-hydrogen) atoms. The van der Waals surface area contributed by atoms with E-state index in [2.05, 4.69) is 10.1 Å². The lowest BCUT2D eigenvalue weighted by molar-refractivity contribution is -0.125. The van der Waals surface area contributed by atoms with Crippen LogP contribution in [0, 0.1) is 17.6 Å². The number of hydrogen-bond acceptors (Lipinski definition) is 6. The van der Waals surface area contributed by atoms with E-state index in [-0.39, 0.29) is 37.6 Å². The van der Waals surface area contributed by atoms with Gasteiger partial charge >= 0.3 is 12.3 Å². The lowest BCUT2D eigenvalue weighted by atomic mass is 10.1. The van der Waals surface area contributed by atoms with E-state index in [4.69, 9.17) is 10.8 Å². The topological polar surface area (TPSA) is 110 Å². The van der Waals surface area contributed by atoms with Crippen LogP contribution in [-0.2, 0) is 6.54 Å². The zero-order chi connectivity index (χ0) is 23.8. The first-order valence-corrected chi connectivity index (χ1v) is 9.71. The van der Waals surface area contributed by atoms with E-state index in [9.17, 15) is 22.8 Å². The Bertz CT molecular complexity index is 1100. The number of fused-ring (bicyclic) bond motifs is 1. The number of nitrogens with one attached hydrogen (secondary N) is 1. The molecule has 176 valence electrons. The summed E-state index contributed by atoms with van der Waals surface area (Å²) < 4.78 is 73.2. The van der Waals surface area contributed by atoms with Gasteiger partial charge in [0.1, 0.15) is 5.69 Å². The third kappa shape index (κ3) is 4.56. The molecule has 1 fully saturated rings. The van der Waals surface area contributed by atoms with Crippen molar-refractivity contribution in [2.45, 2.75) is 26.1 Å². The van der Waals surface area contributed by atoms with Crippen molar-refractivity contribution in [1.29, 1.82) is 0 Å². The van der Waals surface area contributed by atoms with Crippen LogP contribution >= 0.6 is 0 Å². The minimum atomic E-state index is -4.36. The SMILES string of the molecule is CCn1cc(OC(=O)O)c(=O)c2c(N)c(F)c(N3CCC(CNCC(F)(F)F)C3)c(F)c21. The van der Waals surface area contributed by atoms with Crippen LogP contribution in [0.1, 0.15) is 13.3 Å². The van der Waals surface area contributed by atoms with E-state index < -0.39 is 58.5 Å². The van der Waals surface area contributed by atoms with Gasteiger partial charge in [0.15, 0.2) is 17.4 Å². The number of nitrogen functional groups attached to an aromatic ring is 1. The molecule has 1 aliphatic heterocycles. The molecule has 0 saturated carbocycles. The molecule has 1 aliphatic rings. The maximum absolute atomic E-state index is 15.5. The normalized spacial score (nSPS) is 16.7. The highest BCUT2D eigenvalue weighted by Crippen LogP contribution is 2.37. The third-order valence-corrected chi connectivity index (χ3v) is 5.28. The molecule has 13 heteroatoms. The highest BCUT2D eigenvalue weighted by Gasteiger charge is 2.32. The first-order valence-electron chi connectivity index (χ1n) is 9.71. The van der Waals surface area contributed by atoms with Gasteiger partial charge in [-0.1, -0.05) is 0 Å². The monoisotopic (exact) mass is 464 g/mol. The molecule has 4 N–H and O–H groups in total. The molecule has 0 radical (unpaired) electrons. The predicted octanol–water partition coefficient (Wildman–Crippen LogP) is 2.92. The molecular weight excluding hydrogens is 443 g/mol. The number of aryl methyl sites for hydroxylation is 1. The number of aromatic nitrogens is 1. The van der Waals surface area contributed by atoms with Gasteiger partial charge in [0, 0.05) is 26.2 Å². The van der Waals surface area contributed by atoms with Crippen LogP contribution < -0.4 is 26.1 Å². The fourth-order valence-corrected chi connectivity index (χ4v) is 3.88. The van der Waals surface area contributed by atoms with Crippen molar-refractivity contribution >= 4 is 28.4 Å². The quantitative estimate of drug-likeness (QED) is 0.343. The smallest absolute Gasteiger partial charge is 0.449 e. The number of benzene rings is 1. The minimum absolute atomic E-state index is 0.0118. The van der Waals surface area contributed by atoms with Gasteiger partial charge in [-0.05, 0) is 19.3 Å². The predicted molar refractivity (Wildman–Crippen MR) is 106 cm³/mol.